The Hall–Kier alpha value is -1.04. The topological polar surface area (TPSA) is 46.3 Å². The van der Waals surface area contributed by atoms with E-state index >= 15 is 0 Å². The second-order valence-electron chi connectivity index (χ2n) is 4.16. The molecule has 17 heavy (non-hydrogen) atoms. The zero-order valence-corrected chi connectivity index (χ0v) is 9.76. The van der Waals surface area contributed by atoms with Crippen LogP contribution in [0.25, 0.3) is 0 Å². The lowest BCUT2D eigenvalue weighted by Crippen LogP contribution is -2.46. The third-order valence-corrected chi connectivity index (χ3v) is 2.80. The minimum Gasteiger partial charge on any atom is -0.337 e. The number of alkyl halides is 3. The van der Waals surface area contributed by atoms with Gasteiger partial charge >= 0.3 is 6.18 Å². The van der Waals surface area contributed by atoms with Gasteiger partial charge in [-0.1, -0.05) is 19.4 Å². The largest absolute Gasteiger partial charge is 0.412 e. The van der Waals surface area contributed by atoms with Crippen molar-refractivity contribution in [2.24, 2.45) is 5.73 Å². The average Bonchev–Trinajstić information content (AvgIpc) is 2.27. The van der Waals surface area contributed by atoms with E-state index in [9.17, 15) is 18.0 Å². The molecular formula is C11H17F3N2O. The van der Waals surface area contributed by atoms with Crippen molar-refractivity contribution < 1.29 is 18.0 Å². The van der Waals surface area contributed by atoms with E-state index in [-0.39, 0.29) is 25.4 Å². The average molecular weight is 250 g/mol. The molecule has 1 aliphatic rings. The van der Waals surface area contributed by atoms with Gasteiger partial charge in [0.15, 0.2) is 0 Å². The summed E-state index contributed by atoms with van der Waals surface area (Å²) in [5.41, 5.74) is 5.09. The van der Waals surface area contributed by atoms with Crippen LogP contribution in [0.2, 0.25) is 0 Å². The maximum absolute atomic E-state index is 12.4. The second kappa shape index (κ2) is 5.53. The number of hydrogen-bond acceptors (Lipinski definition) is 2. The van der Waals surface area contributed by atoms with Crippen molar-refractivity contribution >= 4 is 5.91 Å². The van der Waals surface area contributed by atoms with E-state index in [1.807, 2.05) is 6.92 Å². The van der Waals surface area contributed by atoms with Crippen molar-refractivity contribution in [3.05, 3.63) is 11.6 Å². The highest BCUT2D eigenvalue weighted by molar-refractivity contribution is 5.81. The number of nitrogens with zero attached hydrogens (tertiary/aromatic N) is 1. The van der Waals surface area contributed by atoms with E-state index in [0.717, 1.165) is 12.5 Å². The van der Waals surface area contributed by atoms with Gasteiger partial charge in [0.25, 0.3) is 0 Å². The molecule has 6 heteroatoms. The summed E-state index contributed by atoms with van der Waals surface area (Å²) >= 11 is 0. The van der Waals surface area contributed by atoms with E-state index < -0.39 is 17.8 Å². The van der Waals surface area contributed by atoms with Gasteiger partial charge in [0.1, 0.15) is 0 Å². The Bertz CT molecular complexity index is 312. The summed E-state index contributed by atoms with van der Waals surface area (Å²) in [7, 11) is 0. The Balaban J connectivity index is 2.57. The van der Waals surface area contributed by atoms with Gasteiger partial charge in [0.05, 0.1) is 6.04 Å². The summed E-state index contributed by atoms with van der Waals surface area (Å²) in [6, 6.07) is -0.596. The van der Waals surface area contributed by atoms with Crippen LogP contribution in [0.5, 0.6) is 0 Å². The van der Waals surface area contributed by atoms with Crippen molar-refractivity contribution in [2.45, 2.75) is 38.4 Å². The molecule has 0 saturated carbocycles. The SMILES string of the molecule is CCC[C@@H](N)C(=O)N1CC=C(C(F)(F)F)CC1. The number of carbonyl (C=O) groups is 1. The first-order chi connectivity index (χ1) is 7.86. The molecule has 1 aliphatic heterocycles. The summed E-state index contributed by atoms with van der Waals surface area (Å²) in [5.74, 6) is -0.260. The van der Waals surface area contributed by atoms with E-state index in [1.165, 1.54) is 4.90 Å². The zero-order valence-electron chi connectivity index (χ0n) is 9.76. The third kappa shape index (κ3) is 3.73. The molecule has 0 aliphatic carbocycles. The lowest BCUT2D eigenvalue weighted by Gasteiger charge is -2.29. The summed E-state index contributed by atoms with van der Waals surface area (Å²) in [6.07, 6.45) is -2.01. The van der Waals surface area contributed by atoms with E-state index in [0.29, 0.717) is 6.42 Å². The highest BCUT2D eigenvalue weighted by Gasteiger charge is 2.35. The third-order valence-electron chi connectivity index (χ3n) is 2.80. The number of rotatable bonds is 3. The van der Waals surface area contributed by atoms with Crippen LogP contribution in [0.1, 0.15) is 26.2 Å². The van der Waals surface area contributed by atoms with Gasteiger partial charge in [-0.05, 0) is 12.8 Å². The maximum atomic E-state index is 12.4. The number of hydrogen-bond donors (Lipinski definition) is 1. The van der Waals surface area contributed by atoms with Crippen LogP contribution < -0.4 is 5.73 Å². The minimum absolute atomic E-state index is 0.00505. The van der Waals surface area contributed by atoms with Crippen LogP contribution in [0.4, 0.5) is 13.2 Å². The van der Waals surface area contributed by atoms with Crippen LogP contribution in [0, 0.1) is 0 Å². The van der Waals surface area contributed by atoms with Crippen LogP contribution >= 0.6 is 0 Å². The quantitative estimate of drug-likeness (QED) is 0.777. The summed E-state index contributed by atoms with van der Waals surface area (Å²) in [4.78, 5) is 13.1. The molecule has 0 aromatic carbocycles. The lowest BCUT2D eigenvalue weighted by molar-refractivity contribution is -0.133. The molecule has 0 spiro atoms. The summed E-state index contributed by atoms with van der Waals surface area (Å²) < 4.78 is 37.1. The first kappa shape index (κ1) is 14.0. The van der Waals surface area contributed by atoms with Gasteiger partial charge < -0.3 is 10.6 Å². The molecule has 0 unspecified atom stereocenters. The lowest BCUT2D eigenvalue weighted by atomic mass is 10.1. The Labute approximate surface area is 98.5 Å². The molecule has 1 rings (SSSR count). The summed E-state index contributed by atoms with van der Waals surface area (Å²) in [5, 5.41) is 0. The van der Waals surface area contributed by atoms with Crippen molar-refractivity contribution in [3.63, 3.8) is 0 Å². The van der Waals surface area contributed by atoms with Crippen LogP contribution in [0.15, 0.2) is 11.6 Å². The van der Waals surface area contributed by atoms with Crippen LogP contribution in [-0.4, -0.2) is 36.1 Å². The van der Waals surface area contributed by atoms with Gasteiger partial charge in [-0.25, -0.2) is 0 Å². The fourth-order valence-corrected chi connectivity index (χ4v) is 1.80. The van der Waals surface area contributed by atoms with Crippen molar-refractivity contribution in [2.75, 3.05) is 13.1 Å². The van der Waals surface area contributed by atoms with E-state index in [4.69, 9.17) is 5.73 Å². The summed E-state index contributed by atoms with van der Waals surface area (Å²) in [6.45, 7) is 2.01. The van der Waals surface area contributed by atoms with Crippen molar-refractivity contribution in [1.82, 2.24) is 4.90 Å². The second-order valence-corrected chi connectivity index (χ2v) is 4.16. The molecule has 98 valence electrons. The number of halogens is 3. The number of nitrogens with two attached hydrogens (primary N) is 1. The van der Waals surface area contributed by atoms with E-state index in [1.54, 1.807) is 0 Å². The predicted octanol–water partition coefficient (Wildman–Crippen LogP) is 1.83. The van der Waals surface area contributed by atoms with Crippen molar-refractivity contribution in [1.29, 1.82) is 0 Å². The Morgan fingerprint density at radius 1 is 1.59 bits per heavy atom. The van der Waals surface area contributed by atoms with E-state index in [2.05, 4.69) is 0 Å². The van der Waals surface area contributed by atoms with Gasteiger partial charge in [-0.3, -0.25) is 4.79 Å². The van der Waals surface area contributed by atoms with Crippen LogP contribution in [0.3, 0.4) is 0 Å². The molecular weight excluding hydrogens is 233 g/mol. The van der Waals surface area contributed by atoms with Gasteiger partial charge in [0.2, 0.25) is 5.91 Å². The number of amides is 1. The normalized spacial score (nSPS) is 18.9. The first-order valence-corrected chi connectivity index (χ1v) is 5.66. The van der Waals surface area contributed by atoms with Gasteiger partial charge in [0, 0.05) is 18.7 Å². The van der Waals surface area contributed by atoms with Crippen LogP contribution in [-0.2, 0) is 4.79 Å². The molecule has 0 aromatic rings. The fourth-order valence-electron chi connectivity index (χ4n) is 1.80. The fraction of sp³-hybridized carbons (Fsp3) is 0.727. The smallest absolute Gasteiger partial charge is 0.337 e. The highest BCUT2D eigenvalue weighted by atomic mass is 19.4. The highest BCUT2D eigenvalue weighted by Crippen LogP contribution is 2.30. The molecule has 1 heterocycles. The monoisotopic (exact) mass is 250 g/mol. The molecule has 0 fully saturated rings. The molecule has 0 saturated heterocycles. The first-order valence-electron chi connectivity index (χ1n) is 5.66. The molecule has 2 N–H and O–H groups in total. The van der Waals surface area contributed by atoms with Crippen molar-refractivity contribution in [3.8, 4) is 0 Å². The predicted molar refractivity (Wildman–Crippen MR) is 58.2 cm³/mol. The zero-order chi connectivity index (χ0) is 13.1. The van der Waals surface area contributed by atoms with Gasteiger partial charge in [-0.15, -0.1) is 0 Å². The molecule has 0 bridgehead atoms. The standard InChI is InChI=1S/C11H17F3N2O/c1-2-3-9(15)10(17)16-6-4-8(5-7-16)11(12,13)14/h4,9H,2-3,5-7,15H2,1H3/t9-/m1/s1. The Morgan fingerprint density at radius 2 is 2.24 bits per heavy atom. The molecule has 0 radical (unpaired) electrons. The van der Waals surface area contributed by atoms with Gasteiger partial charge in [-0.2, -0.15) is 13.2 Å². The molecule has 3 nitrogen and oxygen atoms in total. The molecule has 1 atom stereocenters. The molecule has 1 amide bonds. The Kier molecular flexibility index (Phi) is 4.56. The minimum atomic E-state index is -4.28. The number of carbonyl (C=O) groups excluding carboxylic acids is 1. The molecule has 0 aromatic heterocycles. The maximum Gasteiger partial charge on any atom is 0.412 e. The Morgan fingerprint density at radius 3 is 2.65 bits per heavy atom.